The normalized spacial score (nSPS) is 12.9. The molecule has 1 N–H and O–H groups in total. The maximum atomic E-state index is 12.5. The second-order valence-electron chi connectivity index (χ2n) is 3.84. The maximum absolute atomic E-state index is 12.5. The SMILES string of the molecule is C#CC(CCC)Nc1ccc(C(F)(F)F)cc1Br. The number of rotatable bonds is 4. The van der Waals surface area contributed by atoms with Crippen LogP contribution >= 0.6 is 15.9 Å². The molecule has 0 radical (unpaired) electrons. The van der Waals surface area contributed by atoms with E-state index in [-0.39, 0.29) is 6.04 Å². The number of halogens is 4. The lowest BCUT2D eigenvalue weighted by molar-refractivity contribution is -0.137. The number of hydrogen-bond acceptors (Lipinski definition) is 1. The smallest absolute Gasteiger partial charge is 0.371 e. The van der Waals surface area contributed by atoms with Gasteiger partial charge in [-0.3, -0.25) is 0 Å². The number of nitrogens with one attached hydrogen (secondary N) is 1. The predicted octanol–water partition coefficient (Wildman–Crippen LogP) is 4.68. The molecule has 1 aromatic carbocycles. The highest BCUT2D eigenvalue weighted by atomic mass is 79.9. The van der Waals surface area contributed by atoms with Crippen molar-refractivity contribution in [3.63, 3.8) is 0 Å². The molecule has 0 saturated heterocycles. The molecule has 1 aromatic rings. The highest BCUT2D eigenvalue weighted by molar-refractivity contribution is 9.10. The van der Waals surface area contributed by atoms with Crippen LogP contribution in [0.3, 0.4) is 0 Å². The van der Waals surface area contributed by atoms with E-state index >= 15 is 0 Å². The molecule has 0 fully saturated rings. The maximum Gasteiger partial charge on any atom is 0.416 e. The standard InChI is InChI=1S/C13H13BrF3N/c1-3-5-10(4-2)18-12-7-6-9(8-11(12)14)13(15,16)17/h2,6-8,10,18H,3,5H2,1H3. The second kappa shape index (κ2) is 6.14. The Morgan fingerprint density at radius 1 is 1.44 bits per heavy atom. The second-order valence-corrected chi connectivity index (χ2v) is 4.70. The molecule has 0 aliphatic heterocycles. The minimum Gasteiger partial charge on any atom is -0.371 e. The molecule has 5 heteroatoms. The van der Waals surface area contributed by atoms with Crippen molar-refractivity contribution in [2.45, 2.75) is 32.0 Å². The summed E-state index contributed by atoms with van der Waals surface area (Å²) in [6.07, 6.45) is 2.68. The largest absolute Gasteiger partial charge is 0.416 e. The highest BCUT2D eigenvalue weighted by Crippen LogP contribution is 2.34. The lowest BCUT2D eigenvalue weighted by Crippen LogP contribution is -2.17. The van der Waals surface area contributed by atoms with Crippen LogP contribution in [0.4, 0.5) is 18.9 Å². The number of benzene rings is 1. The van der Waals surface area contributed by atoms with Gasteiger partial charge in [0.1, 0.15) is 0 Å². The van der Waals surface area contributed by atoms with Crippen LogP contribution in [0.25, 0.3) is 0 Å². The minimum absolute atomic E-state index is 0.178. The summed E-state index contributed by atoms with van der Waals surface area (Å²) in [6, 6.07) is 3.28. The highest BCUT2D eigenvalue weighted by Gasteiger charge is 2.30. The third-order valence-corrected chi connectivity index (χ3v) is 3.06. The van der Waals surface area contributed by atoms with E-state index in [1.807, 2.05) is 6.92 Å². The zero-order chi connectivity index (χ0) is 13.8. The summed E-state index contributed by atoms with van der Waals surface area (Å²) in [5.41, 5.74) is -0.118. The summed E-state index contributed by atoms with van der Waals surface area (Å²) in [6.45, 7) is 1.99. The quantitative estimate of drug-likeness (QED) is 0.794. The first-order valence-electron chi connectivity index (χ1n) is 5.48. The molecule has 0 aliphatic carbocycles. The first-order chi connectivity index (χ1) is 8.38. The van der Waals surface area contributed by atoms with Gasteiger partial charge in [0.2, 0.25) is 0 Å². The van der Waals surface area contributed by atoms with Crippen LogP contribution in [0.2, 0.25) is 0 Å². The van der Waals surface area contributed by atoms with Gasteiger partial charge in [-0.25, -0.2) is 0 Å². The van der Waals surface area contributed by atoms with Crippen LogP contribution in [0.15, 0.2) is 22.7 Å². The monoisotopic (exact) mass is 319 g/mol. The van der Waals surface area contributed by atoms with Crippen LogP contribution in [0.1, 0.15) is 25.3 Å². The van der Waals surface area contributed by atoms with E-state index in [9.17, 15) is 13.2 Å². The van der Waals surface area contributed by atoms with Crippen LogP contribution < -0.4 is 5.32 Å². The summed E-state index contributed by atoms with van der Waals surface area (Å²) in [4.78, 5) is 0. The van der Waals surface area contributed by atoms with Crippen molar-refractivity contribution in [3.8, 4) is 12.3 Å². The fourth-order valence-electron chi connectivity index (χ4n) is 1.48. The lowest BCUT2D eigenvalue weighted by atomic mass is 10.1. The Labute approximate surface area is 113 Å². The summed E-state index contributed by atoms with van der Waals surface area (Å²) in [5.74, 6) is 2.57. The van der Waals surface area contributed by atoms with Crippen LogP contribution in [-0.2, 0) is 6.18 Å². The van der Waals surface area contributed by atoms with Crippen LogP contribution in [0.5, 0.6) is 0 Å². The van der Waals surface area contributed by atoms with E-state index in [1.165, 1.54) is 6.07 Å². The van der Waals surface area contributed by atoms with Crippen LogP contribution in [-0.4, -0.2) is 6.04 Å². The molecule has 0 saturated carbocycles. The zero-order valence-corrected chi connectivity index (χ0v) is 11.4. The first kappa shape index (κ1) is 14.9. The van der Waals surface area contributed by atoms with Gasteiger partial charge in [0.25, 0.3) is 0 Å². The van der Waals surface area contributed by atoms with Crippen molar-refractivity contribution in [3.05, 3.63) is 28.2 Å². The van der Waals surface area contributed by atoms with E-state index in [0.717, 1.165) is 25.0 Å². The Bertz CT molecular complexity index is 449. The van der Waals surface area contributed by atoms with Crippen molar-refractivity contribution >= 4 is 21.6 Å². The molecule has 0 spiro atoms. The molecular formula is C13H13BrF3N. The molecule has 0 aromatic heterocycles. The molecular weight excluding hydrogens is 307 g/mol. The van der Waals surface area contributed by atoms with Gasteiger partial charge in [0, 0.05) is 10.2 Å². The van der Waals surface area contributed by atoms with Crippen LogP contribution in [0, 0.1) is 12.3 Å². The first-order valence-corrected chi connectivity index (χ1v) is 6.27. The van der Waals surface area contributed by atoms with Gasteiger partial charge in [0.15, 0.2) is 0 Å². The van der Waals surface area contributed by atoms with Gasteiger partial charge < -0.3 is 5.32 Å². The number of terminal acetylenes is 1. The molecule has 1 rings (SSSR count). The number of anilines is 1. The van der Waals surface area contributed by atoms with Crippen molar-refractivity contribution < 1.29 is 13.2 Å². The van der Waals surface area contributed by atoms with Gasteiger partial charge in [-0.1, -0.05) is 19.3 Å². The van der Waals surface area contributed by atoms with E-state index in [1.54, 1.807) is 0 Å². The fraction of sp³-hybridized carbons (Fsp3) is 0.385. The molecule has 1 atom stereocenters. The lowest BCUT2D eigenvalue weighted by Gasteiger charge is -2.16. The molecule has 18 heavy (non-hydrogen) atoms. The van der Waals surface area contributed by atoms with Crippen molar-refractivity contribution in [1.82, 2.24) is 0 Å². The summed E-state index contributed by atoms with van der Waals surface area (Å²) >= 11 is 3.12. The summed E-state index contributed by atoms with van der Waals surface area (Å²) < 4.78 is 37.8. The van der Waals surface area contributed by atoms with Gasteiger partial charge >= 0.3 is 6.18 Å². The van der Waals surface area contributed by atoms with Gasteiger partial charge in [-0.2, -0.15) is 13.2 Å². The minimum atomic E-state index is -4.34. The molecule has 1 unspecified atom stereocenters. The molecule has 1 nitrogen and oxygen atoms in total. The van der Waals surface area contributed by atoms with Gasteiger partial charge in [0.05, 0.1) is 11.6 Å². The molecule has 0 heterocycles. The van der Waals surface area contributed by atoms with E-state index in [0.29, 0.717) is 10.2 Å². The third-order valence-electron chi connectivity index (χ3n) is 2.40. The Hall–Kier alpha value is -1.15. The average Bonchev–Trinajstić information content (AvgIpc) is 2.29. The predicted molar refractivity (Wildman–Crippen MR) is 70.3 cm³/mol. The molecule has 0 aliphatic rings. The Morgan fingerprint density at radius 3 is 2.56 bits per heavy atom. The van der Waals surface area contributed by atoms with E-state index < -0.39 is 11.7 Å². The topological polar surface area (TPSA) is 12.0 Å². The fourth-order valence-corrected chi connectivity index (χ4v) is 1.98. The third kappa shape index (κ3) is 3.95. The Morgan fingerprint density at radius 2 is 2.11 bits per heavy atom. The summed E-state index contributed by atoms with van der Waals surface area (Å²) in [7, 11) is 0. The van der Waals surface area contributed by atoms with Crippen molar-refractivity contribution in [1.29, 1.82) is 0 Å². The average molecular weight is 320 g/mol. The Kier molecular flexibility index (Phi) is 5.09. The van der Waals surface area contributed by atoms with Crippen molar-refractivity contribution in [2.75, 3.05) is 5.32 Å². The van der Waals surface area contributed by atoms with E-state index in [4.69, 9.17) is 6.42 Å². The zero-order valence-electron chi connectivity index (χ0n) is 9.81. The van der Waals surface area contributed by atoms with Crippen molar-refractivity contribution in [2.24, 2.45) is 0 Å². The molecule has 0 bridgehead atoms. The number of alkyl halides is 3. The molecule has 0 amide bonds. The van der Waals surface area contributed by atoms with Gasteiger partial charge in [-0.15, -0.1) is 6.42 Å². The number of hydrogen-bond donors (Lipinski definition) is 1. The molecule has 98 valence electrons. The Balaban J connectivity index is 2.90. The summed E-state index contributed by atoms with van der Waals surface area (Å²) in [5, 5.41) is 3.03. The van der Waals surface area contributed by atoms with Gasteiger partial charge in [-0.05, 0) is 40.5 Å². The van der Waals surface area contributed by atoms with E-state index in [2.05, 4.69) is 27.2 Å².